The van der Waals surface area contributed by atoms with Crippen LogP contribution in [0.25, 0.3) is 0 Å². The molecular formula is C8H14N2O2S2. The van der Waals surface area contributed by atoms with Gasteiger partial charge in [-0.1, -0.05) is 13.0 Å². The third-order valence-corrected chi connectivity index (χ3v) is 4.61. The summed E-state index contributed by atoms with van der Waals surface area (Å²) in [6.07, 6.45) is 0. The molecule has 0 bridgehead atoms. The predicted molar refractivity (Wildman–Crippen MR) is 57.7 cm³/mol. The Morgan fingerprint density at radius 1 is 1.64 bits per heavy atom. The van der Waals surface area contributed by atoms with Crippen molar-refractivity contribution >= 4 is 21.4 Å². The normalized spacial score (nSPS) is 14.1. The Bertz CT molecular complexity index is 359. The van der Waals surface area contributed by atoms with E-state index in [9.17, 15) is 8.42 Å². The fraction of sp³-hybridized carbons (Fsp3) is 0.500. The fourth-order valence-electron chi connectivity index (χ4n) is 0.823. The number of hydrogen-bond donors (Lipinski definition) is 2. The Hall–Kier alpha value is -0.430. The Labute approximate surface area is 88.2 Å². The van der Waals surface area contributed by atoms with Gasteiger partial charge < -0.3 is 5.73 Å². The highest BCUT2D eigenvalue weighted by molar-refractivity contribution is 7.91. The summed E-state index contributed by atoms with van der Waals surface area (Å²) >= 11 is 1.21. The van der Waals surface area contributed by atoms with Crippen LogP contribution in [0, 0.1) is 5.92 Å². The minimum Gasteiger partial charge on any atom is -0.330 e. The average Bonchev–Trinajstić information content (AvgIpc) is 2.67. The lowest BCUT2D eigenvalue weighted by Crippen LogP contribution is -2.30. The van der Waals surface area contributed by atoms with E-state index in [4.69, 9.17) is 5.73 Å². The number of nitrogens with one attached hydrogen (secondary N) is 1. The zero-order valence-corrected chi connectivity index (χ0v) is 9.57. The highest BCUT2D eigenvalue weighted by atomic mass is 32.2. The van der Waals surface area contributed by atoms with Crippen molar-refractivity contribution in [2.45, 2.75) is 11.1 Å². The second-order valence-corrected chi connectivity index (χ2v) is 6.07. The van der Waals surface area contributed by atoms with E-state index in [0.717, 1.165) is 0 Å². The quantitative estimate of drug-likeness (QED) is 0.784. The lowest BCUT2D eigenvalue weighted by Gasteiger charge is -2.09. The predicted octanol–water partition coefficient (Wildman–Crippen LogP) is 0.621. The van der Waals surface area contributed by atoms with Crippen LogP contribution in [0.1, 0.15) is 6.92 Å². The first-order valence-electron chi connectivity index (χ1n) is 4.29. The smallest absolute Gasteiger partial charge is 0.250 e. The van der Waals surface area contributed by atoms with Crippen molar-refractivity contribution in [3.63, 3.8) is 0 Å². The number of rotatable bonds is 5. The van der Waals surface area contributed by atoms with E-state index < -0.39 is 10.0 Å². The van der Waals surface area contributed by atoms with Crippen molar-refractivity contribution < 1.29 is 8.42 Å². The third kappa shape index (κ3) is 3.06. The first kappa shape index (κ1) is 11.6. The first-order valence-corrected chi connectivity index (χ1v) is 6.66. The number of hydrogen-bond acceptors (Lipinski definition) is 4. The van der Waals surface area contributed by atoms with Gasteiger partial charge in [-0.2, -0.15) is 0 Å². The summed E-state index contributed by atoms with van der Waals surface area (Å²) in [7, 11) is -3.31. The number of sulfonamides is 1. The maximum absolute atomic E-state index is 11.6. The lowest BCUT2D eigenvalue weighted by molar-refractivity contribution is 0.546. The van der Waals surface area contributed by atoms with Crippen LogP contribution in [0.3, 0.4) is 0 Å². The third-order valence-electron chi connectivity index (χ3n) is 1.78. The molecule has 1 aromatic rings. The Balaban J connectivity index is 2.60. The summed E-state index contributed by atoms with van der Waals surface area (Å²) in [6.45, 7) is 2.76. The van der Waals surface area contributed by atoms with Gasteiger partial charge in [0.2, 0.25) is 10.0 Å². The molecule has 4 nitrogen and oxygen atoms in total. The van der Waals surface area contributed by atoms with Gasteiger partial charge >= 0.3 is 0 Å². The molecule has 0 saturated carbocycles. The standard InChI is InChI=1S/C8H14N2O2S2/c1-7(5-9)6-10-14(11,12)8-3-2-4-13-8/h2-4,7,10H,5-6,9H2,1H3. The Morgan fingerprint density at radius 2 is 2.36 bits per heavy atom. The molecule has 0 aliphatic heterocycles. The van der Waals surface area contributed by atoms with Gasteiger partial charge in [-0.05, 0) is 23.9 Å². The topological polar surface area (TPSA) is 72.2 Å². The fourth-order valence-corrected chi connectivity index (χ4v) is 3.03. The molecule has 1 atom stereocenters. The van der Waals surface area contributed by atoms with Crippen molar-refractivity contribution in [2.24, 2.45) is 11.7 Å². The van der Waals surface area contributed by atoms with Gasteiger partial charge in [0.1, 0.15) is 4.21 Å². The van der Waals surface area contributed by atoms with Gasteiger partial charge in [0.15, 0.2) is 0 Å². The second kappa shape index (κ2) is 4.88. The van der Waals surface area contributed by atoms with Crippen molar-refractivity contribution in [1.82, 2.24) is 4.72 Å². The van der Waals surface area contributed by atoms with E-state index in [1.165, 1.54) is 11.3 Å². The highest BCUT2D eigenvalue weighted by Crippen LogP contribution is 2.15. The maximum Gasteiger partial charge on any atom is 0.250 e. The van der Waals surface area contributed by atoms with Gasteiger partial charge in [-0.15, -0.1) is 11.3 Å². The molecule has 0 aliphatic carbocycles. The molecule has 0 amide bonds. The van der Waals surface area contributed by atoms with E-state index in [1.807, 2.05) is 6.92 Å². The summed E-state index contributed by atoms with van der Waals surface area (Å²) in [5, 5.41) is 1.74. The summed E-state index contributed by atoms with van der Waals surface area (Å²) in [4.78, 5) is 0. The highest BCUT2D eigenvalue weighted by Gasteiger charge is 2.15. The first-order chi connectivity index (χ1) is 6.56. The monoisotopic (exact) mass is 234 g/mol. The minimum atomic E-state index is -3.31. The van der Waals surface area contributed by atoms with E-state index in [1.54, 1.807) is 17.5 Å². The van der Waals surface area contributed by atoms with E-state index in [0.29, 0.717) is 17.3 Å². The van der Waals surface area contributed by atoms with Crippen LogP contribution in [0.2, 0.25) is 0 Å². The minimum absolute atomic E-state index is 0.157. The van der Waals surface area contributed by atoms with Crippen molar-refractivity contribution in [1.29, 1.82) is 0 Å². The molecule has 0 aliphatic rings. The zero-order valence-electron chi connectivity index (χ0n) is 7.93. The van der Waals surface area contributed by atoms with Gasteiger partial charge in [-0.3, -0.25) is 0 Å². The number of nitrogens with two attached hydrogens (primary N) is 1. The summed E-state index contributed by atoms with van der Waals surface area (Å²) < 4.78 is 26.0. The van der Waals surface area contributed by atoms with E-state index >= 15 is 0 Å². The van der Waals surface area contributed by atoms with Crippen molar-refractivity contribution in [3.8, 4) is 0 Å². The zero-order chi connectivity index (χ0) is 10.6. The molecule has 1 aromatic heterocycles. The van der Waals surface area contributed by atoms with Gasteiger partial charge in [-0.25, -0.2) is 13.1 Å². The van der Waals surface area contributed by atoms with E-state index in [-0.39, 0.29) is 5.92 Å². The van der Waals surface area contributed by atoms with Gasteiger partial charge in [0.25, 0.3) is 0 Å². The van der Waals surface area contributed by atoms with Crippen molar-refractivity contribution in [3.05, 3.63) is 17.5 Å². The van der Waals surface area contributed by atoms with Crippen LogP contribution in [0.15, 0.2) is 21.7 Å². The molecule has 1 rings (SSSR count). The molecule has 80 valence electrons. The van der Waals surface area contributed by atoms with Gasteiger partial charge in [0.05, 0.1) is 0 Å². The second-order valence-electron chi connectivity index (χ2n) is 3.12. The molecule has 0 radical (unpaired) electrons. The Morgan fingerprint density at radius 3 is 2.86 bits per heavy atom. The molecule has 0 saturated heterocycles. The molecule has 1 unspecified atom stereocenters. The van der Waals surface area contributed by atoms with Crippen LogP contribution in [-0.2, 0) is 10.0 Å². The summed E-state index contributed by atoms with van der Waals surface area (Å²) in [5.74, 6) is 0.157. The molecule has 3 N–H and O–H groups in total. The summed E-state index contributed by atoms with van der Waals surface area (Å²) in [5.41, 5.74) is 5.39. The largest absolute Gasteiger partial charge is 0.330 e. The summed E-state index contributed by atoms with van der Waals surface area (Å²) in [6, 6.07) is 3.30. The molecule has 6 heteroatoms. The van der Waals surface area contributed by atoms with Crippen LogP contribution < -0.4 is 10.5 Å². The molecule has 0 aromatic carbocycles. The number of thiophene rings is 1. The molecule has 0 fully saturated rings. The molecule has 0 spiro atoms. The van der Waals surface area contributed by atoms with Crippen LogP contribution >= 0.6 is 11.3 Å². The molecular weight excluding hydrogens is 220 g/mol. The van der Waals surface area contributed by atoms with Crippen molar-refractivity contribution in [2.75, 3.05) is 13.1 Å². The van der Waals surface area contributed by atoms with E-state index in [2.05, 4.69) is 4.72 Å². The molecule has 14 heavy (non-hydrogen) atoms. The maximum atomic E-state index is 11.6. The van der Waals surface area contributed by atoms with Crippen LogP contribution in [0.4, 0.5) is 0 Å². The SMILES string of the molecule is CC(CN)CNS(=O)(=O)c1cccs1. The molecule has 1 heterocycles. The van der Waals surface area contributed by atoms with Crippen LogP contribution in [-0.4, -0.2) is 21.5 Å². The van der Waals surface area contributed by atoms with Crippen LogP contribution in [0.5, 0.6) is 0 Å². The Kier molecular flexibility index (Phi) is 4.06. The lowest BCUT2D eigenvalue weighted by atomic mass is 10.2. The van der Waals surface area contributed by atoms with Gasteiger partial charge in [0, 0.05) is 6.54 Å². The average molecular weight is 234 g/mol.